The molecule has 0 aliphatic carbocycles. The van der Waals surface area contributed by atoms with Crippen LogP contribution in [0.4, 0.5) is 10.2 Å². The third-order valence-corrected chi connectivity index (χ3v) is 8.38. The van der Waals surface area contributed by atoms with Crippen LogP contribution in [0, 0.1) is 5.82 Å². The average Bonchev–Trinajstić information content (AvgIpc) is 3.38. The number of carbonyl (C=O) groups is 2. The molecule has 1 N–H and O–H groups in total. The van der Waals surface area contributed by atoms with Crippen LogP contribution in [0.25, 0.3) is 16.9 Å². The fraction of sp³-hybridized carbons (Fsp3) is 0.152. The van der Waals surface area contributed by atoms with Gasteiger partial charge in [0.15, 0.2) is 0 Å². The molecule has 2 aromatic heterocycles. The van der Waals surface area contributed by atoms with Gasteiger partial charge in [-0.15, -0.1) is 11.8 Å². The molecule has 43 heavy (non-hydrogen) atoms. The third-order valence-electron chi connectivity index (χ3n) is 7.12. The van der Waals surface area contributed by atoms with Crippen molar-refractivity contribution in [2.45, 2.75) is 11.8 Å². The number of nitrogens with one attached hydrogen (secondary N) is 1. The molecule has 10 heteroatoms. The minimum atomic E-state index is -0.358. The molecule has 0 spiro atoms. The Hall–Kier alpha value is -4.96. The number of ether oxygens (including phenoxy) is 1. The molecule has 3 aromatic carbocycles. The molecule has 1 aliphatic rings. The maximum atomic E-state index is 14.0. The number of halogens is 1. The Morgan fingerprint density at radius 1 is 1.00 bits per heavy atom. The number of methoxy groups -OCH3 is 1. The van der Waals surface area contributed by atoms with Crippen LogP contribution in [-0.2, 0) is 16.1 Å². The zero-order chi connectivity index (χ0) is 29.8. The normalized spacial score (nSPS) is 14.6. The molecule has 5 aromatic rings. The Bertz CT molecular complexity index is 1730. The van der Waals surface area contributed by atoms with E-state index in [-0.39, 0.29) is 41.7 Å². The third kappa shape index (κ3) is 6.00. The summed E-state index contributed by atoms with van der Waals surface area (Å²) in [6.45, 7) is 0.0139. The Labute approximate surface area is 252 Å². The van der Waals surface area contributed by atoms with Gasteiger partial charge in [-0.3, -0.25) is 19.5 Å². The van der Waals surface area contributed by atoms with Crippen molar-refractivity contribution in [1.82, 2.24) is 20.1 Å². The summed E-state index contributed by atoms with van der Waals surface area (Å²) in [5.74, 6) is 0.355. The van der Waals surface area contributed by atoms with Gasteiger partial charge in [0.05, 0.1) is 41.7 Å². The number of aromatic nitrogens is 3. The number of carbonyl (C=O) groups excluding carboxylic acids is 2. The Morgan fingerprint density at radius 3 is 2.44 bits per heavy atom. The zero-order valence-corrected chi connectivity index (χ0v) is 24.1. The van der Waals surface area contributed by atoms with Gasteiger partial charge in [-0.1, -0.05) is 48.5 Å². The number of hydrogen-bond donors (Lipinski definition) is 1. The van der Waals surface area contributed by atoms with Crippen molar-refractivity contribution in [3.63, 3.8) is 0 Å². The number of rotatable bonds is 8. The van der Waals surface area contributed by atoms with Gasteiger partial charge in [0.1, 0.15) is 23.9 Å². The molecule has 2 amide bonds. The molecule has 1 atom stereocenters. The molecule has 0 radical (unpaired) electrons. The van der Waals surface area contributed by atoms with Gasteiger partial charge in [0.2, 0.25) is 11.8 Å². The van der Waals surface area contributed by atoms with Gasteiger partial charge >= 0.3 is 0 Å². The van der Waals surface area contributed by atoms with Gasteiger partial charge in [-0.05, 0) is 54.1 Å². The molecule has 0 saturated carbocycles. The lowest BCUT2D eigenvalue weighted by molar-refractivity contribution is -0.123. The van der Waals surface area contributed by atoms with Crippen LogP contribution in [0.2, 0.25) is 0 Å². The predicted molar refractivity (Wildman–Crippen MR) is 165 cm³/mol. The van der Waals surface area contributed by atoms with E-state index in [1.807, 2.05) is 72.8 Å². The summed E-state index contributed by atoms with van der Waals surface area (Å²) in [5, 5.41) is 7.59. The second-order valence-corrected chi connectivity index (χ2v) is 11.0. The standard InChI is InChI=1S/C33H28FN5O3S/c1-42-27-16-14-26(15-17-27)39-33-30(31(37-39)22-7-3-2-4-8-22)32(23-10-12-24(34)13-11-23)43-21-29(41)38(33)20-28(40)36-19-25-9-5-6-18-35-25/h2-18,32H,19-21H2,1H3,(H,36,40)/t32-/m0/s1. The Kier molecular flexibility index (Phi) is 8.19. The van der Waals surface area contributed by atoms with Crippen LogP contribution in [-0.4, -0.2) is 46.0 Å². The molecule has 216 valence electrons. The summed E-state index contributed by atoms with van der Waals surface area (Å²) in [4.78, 5) is 32.9. The van der Waals surface area contributed by atoms with Crippen LogP contribution in [0.3, 0.4) is 0 Å². The number of benzene rings is 3. The first-order valence-electron chi connectivity index (χ1n) is 13.7. The van der Waals surface area contributed by atoms with Gasteiger partial charge in [-0.25, -0.2) is 9.07 Å². The highest BCUT2D eigenvalue weighted by Crippen LogP contribution is 2.48. The highest BCUT2D eigenvalue weighted by atomic mass is 32.2. The SMILES string of the molecule is COc1ccc(-n2nc(-c3ccccc3)c3c2N(CC(=O)NCc2ccccn2)C(=O)CS[C@H]3c2ccc(F)cc2)cc1. The van der Waals surface area contributed by atoms with E-state index >= 15 is 0 Å². The number of hydrogen-bond acceptors (Lipinski definition) is 6. The van der Waals surface area contributed by atoms with E-state index in [0.29, 0.717) is 28.6 Å². The van der Waals surface area contributed by atoms with Crippen molar-refractivity contribution in [3.05, 3.63) is 126 Å². The maximum absolute atomic E-state index is 14.0. The van der Waals surface area contributed by atoms with Crippen LogP contribution in [0.5, 0.6) is 5.75 Å². The summed E-state index contributed by atoms with van der Waals surface area (Å²) in [5.41, 5.74) is 4.51. The lowest BCUT2D eigenvalue weighted by Gasteiger charge is -2.23. The van der Waals surface area contributed by atoms with Gasteiger partial charge in [-0.2, -0.15) is 5.10 Å². The predicted octanol–water partition coefficient (Wildman–Crippen LogP) is 5.57. The number of anilines is 1. The molecule has 1 aliphatic heterocycles. The highest BCUT2D eigenvalue weighted by molar-refractivity contribution is 8.00. The quantitative estimate of drug-likeness (QED) is 0.253. The summed E-state index contributed by atoms with van der Waals surface area (Å²) in [7, 11) is 1.59. The molecule has 6 rings (SSSR count). The molecule has 0 bridgehead atoms. The number of fused-ring (bicyclic) bond motifs is 1. The van der Waals surface area contributed by atoms with Crippen LogP contribution in [0.1, 0.15) is 22.1 Å². The molecule has 0 fully saturated rings. The smallest absolute Gasteiger partial charge is 0.240 e. The number of nitrogens with zero attached hydrogens (tertiary/aromatic N) is 4. The lowest BCUT2D eigenvalue weighted by Crippen LogP contribution is -2.42. The minimum Gasteiger partial charge on any atom is -0.497 e. The second-order valence-electron chi connectivity index (χ2n) is 9.88. The second kappa shape index (κ2) is 12.5. The number of pyridine rings is 1. The van der Waals surface area contributed by atoms with Crippen molar-refractivity contribution in [1.29, 1.82) is 0 Å². The van der Waals surface area contributed by atoms with Gasteiger partial charge in [0, 0.05) is 17.3 Å². The molecular formula is C33H28FN5O3S. The largest absolute Gasteiger partial charge is 0.497 e. The van der Waals surface area contributed by atoms with E-state index < -0.39 is 0 Å². The first-order valence-corrected chi connectivity index (χ1v) is 14.7. The Balaban J connectivity index is 1.51. The first-order chi connectivity index (χ1) is 21.0. The van der Waals surface area contributed by atoms with Crippen molar-refractivity contribution in [3.8, 4) is 22.7 Å². The van der Waals surface area contributed by atoms with E-state index in [0.717, 1.165) is 16.7 Å². The van der Waals surface area contributed by atoms with Crippen LogP contribution in [0.15, 0.2) is 103 Å². The monoisotopic (exact) mass is 593 g/mol. The summed E-state index contributed by atoms with van der Waals surface area (Å²) in [6.07, 6.45) is 1.66. The van der Waals surface area contributed by atoms with E-state index in [1.54, 1.807) is 30.1 Å². The van der Waals surface area contributed by atoms with Crippen molar-refractivity contribution < 1.29 is 18.7 Å². The molecule has 3 heterocycles. The van der Waals surface area contributed by atoms with E-state index in [4.69, 9.17) is 9.84 Å². The van der Waals surface area contributed by atoms with Crippen molar-refractivity contribution in [2.24, 2.45) is 0 Å². The van der Waals surface area contributed by atoms with Gasteiger partial charge < -0.3 is 10.1 Å². The van der Waals surface area contributed by atoms with E-state index in [2.05, 4.69) is 10.3 Å². The number of amides is 2. The van der Waals surface area contributed by atoms with Crippen molar-refractivity contribution >= 4 is 29.4 Å². The number of thioether (sulfide) groups is 1. The fourth-order valence-electron chi connectivity index (χ4n) is 5.02. The van der Waals surface area contributed by atoms with E-state index in [1.165, 1.54) is 28.8 Å². The molecule has 0 unspecified atom stereocenters. The van der Waals surface area contributed by atoms with Gasteiger partial charge in [0.25, 0.3) is 0 Å². The minimum absolute atomic E-state index is 0.112. The Morgan fingerprint density at radius 2 is 1.74 bits per heavy atom. The fourth-order valence-corrected chi connectivity index (χ4v) is 6.22. The van der Waals surface area contributed by atoms with Crippen molar-refractivity contribution in [2.75, 3.05) is 24.3 Å². The average molecular weight is 594 g/mol. The zero-order valence-electron chi connectivity index (χ0n) is 23.3. The molecule has 0 saturated heterocycles. The summed E-state index contributed by atoms with van der Waals surface area (Å²) >= 11 is 1.43. The highest BCUT2D eigenvalue weighted by Gasteiger charge is 2.37. The van der Waals surface area contributed by atoms with Crippen LogP contribution < -0.4 is 15.0 Å². The summed E-state index contributed by atoms with van der Waals surface area (Å²) < 4.78 is 21.1. The molecule has 8 nitrogen and oxygen atoms in total. The molecular weight excluding hydrogens is 565 g/mol. The van der Waals surface area contributed by atoms with E-state index in [9.17, 15) is 14.0 Å². The van der Waals surface area contributed by atoms with Crippen LogP contribution >= 0.6 is 11.8 Å². The first kappa shape index (κ1) is 28.2. The maximum Gasteiger partial charge on any atom is 0.240 e. The lowest BCUT2D eigenvalue weighted by atomic mass is 9.99. The topological polar surface area (TPSA) is 89.3 Å². The summed E-state index contributed by atoms with van der Waals surface area (Å²) in [6, 6.07) is 28.8.